The minimum Gasteiger partial charge on any atom is -0.480 e. The van der Waals surface area contributed by atoms with Crippen LogP contribution >= 0.6 is 0 Å². The number of carbonyl (C=O) groups excluding carboxylic acids is 1. The summed E-state index contributed by atoms with van der Waals surface area (Å²) in [5.74, 6) is 0.716. The van der Waals surface area contributed by atoms with Gasteiger partial charge in [-0.3, -0.25) is 4.79 Å². The molecule has 0 fully saturated rings. The molecule has 2 unspecified atom stereocenters. The van der Waals surface area contributed by atoms with E-state index in [1.54, 1.807) is 0 Å². The molecule has 4 heteroatoms. The monoisotopic (exact) mass is 339 g/mol. The van der Waals surface area contributed by atoms with Crippen molar-refractivity contribution in [3.8, 4) is 5.75 Å². The predicted octanol–water partition coefficient (Wildman–Crippen LogP) is 3.24. The van der Waals surface area contributed by atoms with E-state index in [0.29, 0.717) is 19.3 Å². The molecule has 2 N–H and O–H groups in total. The molecular formula is C21H25NO3. The number of hydrogen-bond donors (Lipinski definition) is 2. The van der Waals surface area contributed by atoms with Gasteiger partial charge in [0.2, 0.25) is 0 Å². The van der Waals surface area contributed by atoms with E-state index >= 15 is 0 Å². The lowest BCUT2D eigenvalue weighted by molar-refractivity contribution is -0.128. The molecule has 1 amide bonds. The summed E-state index contributed by atoms with van der Waals surface area (Å²) in [6.07, 6.45) is 1.45. The Morgan fingerprint density at radius 1 is 1.24 bits per heavy atom. The van der Waals surface area contributed by atoms with E-state index in [-0.39, 0.29) is 18.6 Å². The first-order valence-corrected chi connectivity index (χ1v) is 8.81. The van der Waals surface area contributed by atoms with Gasteiger partial charge >= 0.3 is 0 Å². The summed E-state index contributed by atoms with van der Waals surface area (Å²) in [5, 5.41) is 12.2. The number of rotatable bonds is 6. The molecule has 2 aromatic carbocycles. The Hall–Kier alpha value is -2.33. The third-order valence-electron chi connectivity index (χ3n) is 4.81. The van der Waals surface area contributed by atoms with E-state index < -0.39 is 6.10 Å². The van der Waals surface area contributed by atoms with Gasteiger partial charge in [-0.1, -0.05) is 36.4 Å². The minimum atomic E-state index is -0.489. The van der Waals surface area contributed by atoms with E-state index in [2.05, 4.69) is 18.3 Å². The topological polar surface area (TPSA) is 58.6 Å². The molecule has 1 aliphatic heterocycles. The molecule has 0 bridgehead atoms. The van der Waals surface area contributed by atoms with Crippen LogP contribution in [-0.4, -0.2) is 23.7 Å². The number of fused-ring (bicyclic) bond motifs is 1. The van der Waals surface area contributed by atoms with Crippen molar-refractivity contribution >= 4 is 5.91 Å². The van der Waals surface area contributed by atoms with Gasteiger partial charge in [-0.2, -0.15) is 0 Å². The van der Waals surface area contributed by atoms with Crippen LogP contribution < -0.4 is 10.1 Å². The van der Waals surface area contributed by atoms with Gasteiger partial charge in [0.05, 0.1) is 6.04 Å². The Balaban J connectivity index is 1.70. The summed E-state index contributed by atoms with van der Waals surface area (Å²) in [7, 11) is 0. The normalized spacial score (nSPS) is 16.8. The lowest BCUT2D eigenvalue weighted by Gasteiger charge is -2.21. The van der Waals surface area contributed by atoms with Gasteiger partial charge < -0.3 is 15.2 Å². The highest BCUT2D eigenvalue weighted by molar-refractivity contribution is 5.83. The second-order valence-corrected chi connectivity index (χ2v) is 6.69. The van der Waals surface area contributed by atoms with Crippen LogP contribution in [0, 0.1) is 13.8 Å². The number of benzene rings is 2. The quantitative estimate of drug-likeness (QED) is 0.849. The largest absolute Gasteiger partial charge is 0.480 e. The maximum absolute atomic E-state index is 12.7. The maximum Gasteiger partial charge on any atom is 0.261 e. The molecular weight excluding hydrogens is 314 g/mol. The number of aliphatic hydroxyl groups is 1. The molecule has 0 saturated carbocycles. The molecule has 0 saturated heterocycles. The molecule has 0 aromatic heterocycles. The lowest BCUT2D eigenvalue weighted by atomic mass is 10.0. The molecule has 1 aliphatic rings. The summed E-state index contributed by atoms with van der Waals surface area (Å²) in [6, 6.07) is 13.9. The Morgan fingerprint density at radius 3 is 2.68 bits per heavy atom. The van der Waals surface area contributed by atoms with Gasteiger partial charge in [0.15, 0.2) is 6.10 Å². The zero-order valence-corrected chi connectivity index (χ0v) is 14.8. The van der Waals surface area contributed by atoms with Crippen molar-refractivity contribution < 1.29 is 14.6 Å². The number of aliphatic hydroxyl groups excluding tert-OH is 1. The van der Waals surface area contributed by atoms with E-state index in [1.165, 1.54) is 11.1 Å². The molecule has 0 aliphatic carbocycles. The second kappa shape index (κ2) is 7.70. The standard InChI is InChI=1S/C21H25NO3/c1-14-11-17-13-20(25-19(17)12-15(14)2)21(24)22-18(9-6-10-23)16-7-4-3-5-8-16/h3-5,7-8,11-12,18,20,23H,6,9-10,13H2,1-2H3,(H,22,24). The second-order valence-electron chi connectivity index (χ2n) is 6.69. The third-order valence-corrected chi connectivity index (χ3v) is 4.81. The summed E-state index contributed by atoms with van der Waals surface area (Å²) < 4.78 is 5.88. The average Bonchev–Trinajstić information content (AvgIpc) is 3.02. The molecule has 2 atom stereocenters. The first-order valence-electron chi connectivity index (χ1n) is 8.81. The van der Waals surface area contributed by atoms with Crippen LogP contribution in [0.3, 0.4) is 0 Å². The summed E-state index contributed by atoms with van der Waals surface area (Å²) in [5.41, 5.74) is 4.53. The Kier molecular flexibility index (Phi) is 5.39. The number of hydrogen-bond acceptors (Lipinski definition) is 3. The highest BCUT2D eigenvalue weighted by atomic mass is 16.5. The van der Waals surface area contributed by atoms with Crippen molar-refractivity contribution in [1.29, 1.82) is 0 Å². The molecule has 132 valence electrons. The van der Waals surface area contributed by atoms with Gasteiger partial charge in [0.1, 0.15) is 5.75 Å². The first-order chi connectivity index (χ1) is 12.1. The van der Waals surface area contributed by atoms with E-state index in [4.69, 9.17) is 9.84 Å². The highest BCUT2D eigenvalue weighted by Crippen LogP contribution is 2.32. The number of nitrogens with one attached hydrogen (secondary N) is 1. The average molecular weight is 339 g/mol. The summed E-state index contributed by atoms with van der Waals surface area (Å²) in [4.78, 5) is 12.7. The summed E-state index contributed by atoms with van der Waals surface area (Å²) in [6.45, 7) is 4.24. The van der Waals surface area contributed by atoms with Crippen molar-refractivity contribution in [2.24, 2.45) is 0 Å². The van der Waals surface area contributed by atoms with Crippen LogP contribution in [0.4, 0.5) is 0 Å². The fourth-order valence-corrected chi connectivity index (χ4v) is 3.23. The number of ether oxygens (including phenoxy) is 1. The van der Waals surface area contributed by atoms with Gasteiger partial charge in [0.25, 0.3) is 5.91 Å². The van der Waals surface area contributed by atoms with Crippen LogP contribution in [0.2, 0.25) is 0 Å². The smallest absolute Gasteiger partial charge is 0.261 e. The van der Waals surface area contributed by atoms with Crippen LogP contribution in [0.15, 0.2) is 42.5 Å². The third kappa shape index (κ3) is 4.02. The lowest BCUT2D eigenvalue weighted by Crippen LogP contribution is -2.39. The molecule has 0 spiro atoms. The zero-order valence-electron chi connectivity index (χ0n) is 14.8. The number of aryl methyl sites for hydroxylation is 2. The molecule has 2 aromatic rings. The van der Waals surface area contributed by atoms with E-state index in [0.717, 1.165) is 16.9 Å². The van der Waals surface area contributed by atoms with Crippen molar-refractivity contribution in [2.45, 2.75) is 45.3 Å². The predicted molar refractivity (Wildman–Crippen MR) is 97.7 cm³/mol. The van der Waals surface area contributed by atoms with Crippen LogP contribution in [0.5, 0.6) is 5.75 Å². The van der Waals surface area contributed by atoms with Crippen molar-refractivity contribution in [3.63, 3.8) is 0 Å². The minimum absolute atomic E-state index is 0.0988. The van der Waals surface area contributed by atoms with Crippen molar-refractivity contribution in [1.82, 2.24) is 5.32 Å². The van der Waals surface area contributed by atoms with Gasteiger partial charge in [-0.25, -0.2) is 0 Å². The summed E-state index contributed by atoms with van der Waals surface area (Å²) >= 11 is 0. The van der Waals surface area contributed by atoms with Gasteiger partial charge in [0, 0.05) is 13.0 Å². The molecule has 3 rings (SSSR count). The van der Waals surface area contributed by atoms with Gasteiger partial charge in [-0.05, 0) is 55.0 Å². The SMILES string of the molecule is Cc1cc2c(cc1C)OC(C(=O)NC(CCCO)c1ccccc1)C2. The van der Waals surface area contributed by atoms with Gasteiger partial charge in [-0.15, -0.1) is 0 Å². The molecule has 25 heavy (non-hydrogen) atoms. The van der Waals surface area contributed by atoms with Crippen LogP contribution in [0.1, 0.15) is 41.1 Å². The fraction of sp³-hybridized carbons (Fsp3) is 0.381. The van der Waals surface area contributed by atoms with Crippen molar-refractivity contribution in [2.75, 3.05) is 6.61 Å². The highest BCUT2D eigenvalue weighted by Gasteiger charge is 2.31. The Labute approximate surface area is 148 Å². The molecule has 1 heterocycles. The van der Waals surface area contributed by atoms with Crippen LogP contribution in [-0.2, 0) is 11.2 Å². The van der Waals surface area contributed by atoms with Crippen LogP contribution in [0.25, 0.3) is 0 Å². The van der Waals surface area contributed by atoms with E-state index in [9.17, 15) is 4.79 Å². The molecule has 4 nitrogen and oxygen atoms in total. The number of amides is 1. The maximum atomic E-state index is 12.7. The Bertz CT molecular complexity index is 711. The van der Waals surface area contributed by atoms with Crippen molar-refractivity contribution in [3.05, 3.63) is 64.7 Å². The van der Waals surface area contributed by atoms with E-state index in [1.807, 2.05) is 43.3 Å². The fourth-order valence-electron chi connectivity index (χ4n) is 3.23. The number of carbonyl (C=O) groups is 1. The molecule has 0 radical (unpaired) electrons. The first kappa shape index (κ1) is 17.5. The Morgan fingerprint density at radius 2 is 1.96 bits per heavy atom. The zero-order chi connectivity index (χ0) is 17.8.